The molecular weight excluding hydrogens is 292 g/mol. The van der Waals surface area contributed by atoms with Crippen molar-refractivity contribution in [2.75, 3.05) is 5.32 Å². The summed E-state index contributed by atoms with van der Waals surface area (Å²) >= 11 is 0. The molecule has 2 N–H and O–H groups in total. The summed E-state index contributed by atoms with van der Waals surface area (Å²) in [5.74, 6) is -1.04. The van der Waals surface area contributed by atoms with Gasteiger partial charge in [-0.05, 0) is 25.0 Å². The van der Waals surface area contributed by atoms with Crippen LogP contribution in [0.25, 0.3) is 0 Å². The first-order valence-electron chi connectivity index (χ1n) is 8.28. The molecule has 5 nitrogen and oxygen atoms in total. The summed E-state index contributed by atoms with van der Waals surface area (Å²) in [6.07, 6.45) is 6.22. The van der Waals surface area contributed by atoms with Crippen LogP contribution in [0.5, 0.6) is 0 Å². The molecule has 23 heavy (non-hydrogen) atoms. The molecule has 0 heterocycles. The molecule has 5 heteroatoms. The van der Waals surface area contributed by atoms with Crippen LogP contribution < -0.4 is 10.6 Å². The van der Waals surface area contributed by atoms with E-state index >= 15 is 0 Å². The van der Waals surface area contributed by atoms with Crippen LogP contribution in [0, 0.1) is 5.92 Å². The van der Waals surface area contributed by atoms with E-state index < -0.39 is 5.92 Å². The molecule has 0 saturated heterocycles. The standard InChI is InChI=1S/C18H24N2O3/c21-12-11-14(18(23)20-16-9-5-2-6-10-16)13-17(22)19-15-7-3-1-4-8-15/h1,3-4,7-8,12,14,16H,2,5-6,9-11,13H2,(H,19,22)(H,20,23). The lowest BCUT2D eigenvalue weighted by molar-refractivity contribution is -0.130. The number of amides is 2. The predicted molar refractivity (Wildman–Crippen MR) is 88.9 cm³/mol. The van der Waals surface area contributed by atoms with Crippen LogP contribution in [-0.4, -0.2) is 24.1 Å². The zero-order chi connectivity index (χ0) is 16.5. The van der Waals surface area contributed by atoms with Crippen molar-refractivity contribution in [1.82, 2.24) is 5.32 Å². The Hall–Kier alpha value is -2.17. The van der Waals surface area contributed by atoms with Gasteiger partial charge in [0, 0.05) is 24.6 Å². The van der Waals surface area contributed by atoms with Crippen molar-refractivity contribution in [2.45, 2.75) is 51.0 Å². The van der Waals surface area contributed by atoms with E-state index in [1.54, 1.807) is 12.1 Å². The summed E-state index contributed by atoms with van der Waals surface area (Å²) in [5, 5.41) is 5.75. The molecule has 0 bridgehead atoms. The number of hydrogen-bond donors (Lipinski definition) is 2. The molecule has 0 spiro atoms. The SMILES string of the molecule is O=CCC(CC(=O)Nc1ccccc1)C(=O)NC1CCCCC1. The van der Waals surface area contributed by atoms with Crippen molar-refractivity contribution in [2.24, 2.45) is 5.92 Å². The zero-order valence-corrected chi connectivity index (χ0v) is 13.3. The topological polar surface area (TPSA) is 75.3 Å². The Balaban J connectivity index is 1.87. The Bertz CT molecular complexity index is 524. The van der Waals surface area contributed by atoms with Crippen LogP contribution in [0.3, 0.4) is 0 Å². The monoisotopic (exact) mass is 316 g/mol. The second-order valence-electron chi connectivity index (χ2n) is 6.06. The molecule has 124 valence electrons. The average molecular weight is 316 g/mol. The number of benzene rings is 1. The van der Waals surface area contributed by atoms with Gasteiger partial charge >= 0.3 is 0 Å². The van der Waals surface area contributed by atoms with Gasteiger partial charge in [-0.1, -0.05) is 37.5 Å². The highest BCUT2D eigenvalue weighted by Gasteiger charge is 2.24. The van der Waals surface area contributed by atoms with E-state index in [4.69, 9.17) is 0 Å². The van der Waals surface area contributed by atoms with Crippen molar-refractivity contribution in [1.29, 1.82) is 0 Å². The third-order valence-electron chi connectivity index (χ3n) is 4.19. The lowest BCUT2D eigenvalue weighted by Crippen LogP contribution is -2.41. The van der Waals surface area contributed by atoms with Gasteiger partial charge < -0.3 is 15.4 Å². The maximum atomic E-state index is 12.3. The predicted octanol–water partition coefficient (Wildman–Crippen LogP) is 2.67. The van der Waals surface area contributed by atoms with Gasteiger partial charge in [-0.25, -0.2) is 0 Å². The Kier molecular flexibility index (Phi) is 6.78. The molecule has 0 radical (unpaired) electrons. The Morgan fingerprint density at radius 2 is 1.83 bits per heavy atom. The minimum absolute atomic E-state index is 0.0200. The smallest absolute Gasteiger partial charge is 0.225 e. The van der Waals surface area contributed by atoms with Crippen LogP contribution >= 0.6 is 0 Å². The highest BCUT2D eigenvalue weighted by Crippen LogP contribution is 2.19. The molecule has 1 fully saturated rings. The summed E-state index contributed by atoms with van der Waals surface area (Å²) in [4.78, 5) is 35.3. The fourth-order valence-corrected chi connectivity index (χ4v) is 2.92. The van der Waals surface area contributed by atoms with E-state index in [0.717, 1.165) is 25.7 Å². The summed E-state index contributed by atoms with van der Waals surface area (Å²) in [5.41, 5.74) is 0.690. The van der Waals surface area contributed by atoms with Gasteiger partial charge in [-0.15, -0.1) is 0 Å². The molecule has 1 unspecified atom stereocenters. The third kappa shape index (κ3) is 5.85. The van der Waals surface area contributed by atoms with Crippen LogP contribution in [0.2, 0.25) is 0 Å². The van der Waals surface area contributed by atoms with Crippen molar-refractivity contribution in [3.05, 3.63) is 30.3 Å². The second-order valence-corrected chi connectivity index (χ2v) is 6.06. The Morgan fingerprint density at radius 1 is 1.13 bits per heavy atom. The summed E-state index contributed by atoms with van der Waals surface area (Å²) in [6, 6.07) is 9.27. The van der Waals surface area contributed by atoms with Crippen LogP contribution in [-0.2, 0) is 14.4 Å². The number of nitrogens with one attached hydrogen (secondary N) is 2. The highest BCUT2D eigenvalue weighted by atomic mass is 16.2. The molecule has 1 atom stereocenters. The number of carbonyl (C=O) groups is 3. The molecule has 2 rings (SSSR count). The number of para-hydroxylation sites is 1. The Labute approximate surface area is 136 Å². The zero-order valence-electron chi connectivity index (χ0n) is 13.3. The van der Waals surface area contributed by atoms with Crippen LogP contribution in [0.15, 0.2) is 30.3 Å². The number of hydrogen-bond acceptors (Lipinski definition) is 3. The van der Waals surface area contributed by atoms with E-state index in [0.29, 0.717) is 12.0 Å². The van der Waals surface area contributed by atoms with Gasteiger partial charge in [0.1, 0.15) is 6.29 Å². The van der Waals surface area contributed by atoms with E-state index in [9.17, 15) is 14.4 Å². The van der Waals surface area contributed by atoms with E-state index in [1.165, 1.54) is 6.42 Å². The molecule has 1 aliphatic rings. The van der Waals surface area contributed by atoms with Crippen molar-refractivity contribution in [3.8, 4) is 0 Å². The normalized spacial score (nSPS) is 16.3. The Morgan fingerprint density at radius 3 is 2.48 bits per heavy atom. The van der Waals surface area contributed by atoms with Gasteiger partial charge in [0.15, 0.2) is 0 Å². The number of aldehydes is 1. The maximum absolute atomic E-state index is 12.3. The first-order valence-corrected chi connectivity index (χ1v) is 8.28. The van der Waals surface area contributed by atoms with Crippen LogP contribution in [0.1, 0.15) is 44.9 Å². The molecule has 2 amide bonds. The maximum Gasteiger partial charge on any atom is 0.225 e. The minimum atomic E-state index is -0.599. The van der Waals surface area contributed by atoms with E-state index in [1.807, 2.05) is 18.2 Å². The fourth-order valence-electron chi connectivity index (χ4n) is 2.92. The first kappa shape index (κ1) is 17.2. The second kappa shape index (κ2) is 9.08. The minimum Gasteiger partial charge on any atom is -0.353 e. The molecule has 1 aliphatic carbocycles. The molecular formula is C18H24N2O3. The fraction of sp³-hybridized carbons (Fsp3) is 0.500. The van der Waals surface area contributed by atoms with Crippen molar-refractivity contribution < 1.29 is 14.4 Å². The van der Waals surface area contributed by atoms with Gasteiger partial charge in [0.25, 0.3) is 0 Å². The largest absolute Gasteiger partial charge is 0.353 e. The highest BCUT2D eigenvalue weighted by molar-refractivity contribution is 5.94. The lowest BCUT2D eigenvalue weighted by Gasteiger charge is -2.25. The molecule has 1 saturated carbocycles. The van der Waals surface area contributed by atoms with E-state index in [-0.39, 0.29) is 30.7 Å². The molecule has 1 aromatic rings. The number of anilines is 1. The molecule has 0 aromatic heterocycles. The van der Waals surface area contributed by atoms with Crippen molar-refractivity contribution in [3.63, 3.8) is 0 Å². The lowest BCUT2D eigenvalue weighted by atomic mass is 9.94. The number of rotatable bonds is 7. The van der Waals surface area contributed by atoms with E-state index in [2.05, 4.69) is 10.6 Å². The van der Waals surface area contributed by atoms with Gasteiger partial charge in [-0.2, -0.15) is 0 Å². The third-order valence-corrected chi connectivity index (χ3v) is 4.19. The molecule has 1 aromatic carbocycles. The van der Waals surface area contributed by atoms with Crippen LogP contribution in [0.4, 0.5) is 5.69 Å². The number of carbonyl (C=O) groups excluding carboxylic acids is 3. The molecule has 0 aliphatic heterocycles. The summed E-state index contributed by atoms with van der Waals surface area (Å²) in [6.45, 7) is 0. The summed E-state index contributed by atoms with van der Waals surface area (Å²) in [7, 11) is 0. The first-order chi connectivity index (χ1) is 11.2. The summed E-state index contributed by atoms with van der Waals surface area (Å²) < 4.78 is 0. The quantitative estimate of drug-likeness (QED) is 0.759. The van der Waals surface area contributed by atoms with Gasteiger partial charge in [0.05, 0.1) is 5.92 Å². The van der Waals surface area contributed by atoms with Gasteiger partial charge in [-0.3, -0.25) is 9.59 Å². The van der Waals surface area contributed by atoms with Gasteiger partial charge in [0.2, 0.25) is 11.8 Å². The van der Waals surface area contributed by atoms with Crippen molar-refractivity contribution >= 4 is 23.8 Å². The average Bonchev–Trinajstić information content (AvgIpc) is 2.56.